The molecular formula is C26H42FN3O4. The minimum absolute atomic E-state index is 0.0181. The van der Waals surface area contributed by atoms with Crippen LogP contribution in [0.3, 0.4) is 0 Å². The average Bonchev–Trinajstić information content (AvgIpc) is 3.64. The van der Waals surface area contributed by atoms with Gasteiger partial charge in [-0.25, -0.2) is 4.39 Å². The van der Waals surface area contributed by atoms with Crippen LogP contribution < -0.4 is 10.6 Å². The minimum Gasteiger partial charge on any atom is -0.344 e. The second-order valence-corrected chi connectivity index (χ2v) is 12.1. The van der Waals surface area contributed by atoms with Gasteiger partial charge in [-0.1, -0.05) is 62.3 Å². The summed E-state index contributed by atoms with van der Waals surface area (Å²) in [5.74, 6) is -1.09. The summed E-state index contributed by atoms with van der Waals surface area (Å²) in [7, 11) is 0. The molecule has 2 unspecified atom stereocenters. The van der Waals surface area contributed by atoms with Crippen molar-refractivity contribution in [2.24, 2.45) is 22.2 Å². The van der Waals surface area contributed by atoms with Crippen molar-refractivity contribution in [3.8, 4) is 6.07 Å². The van der Waals surface area contributed by atoms with Gasteiger partial charge in [0.1, 0.15) is 5.41 Å². The van der Waals surface area contributed by atoms with Crippen molar-refractivity contribution < 1.29 is 23.6 Å². The molecule has 0 aromatic heterocycles. The summed E-state index contributed by atoms with van der Waals surface area (Å²) in [6.45, 7) is 16.7. The van der Waals surface area contributed by atoms with Crippen LogP contribution in [0, 0.1) is 33.5 Å². The molecule has 192 valence electrons. The van der Waals surface area contributed by atoms with E-state index >= 15 is 0 Å². The van der Waals surface area contributed by atoms with Gasteiger partial charge in [0.2, 0.25) is 5.91 Å². The average molecular weight is 480 g/mol. The van der Waals surface area contributed by atoms with E-state index in [0.717, 1.165) is 0 Å². The first-order chi connectivity index (χ1) is 15.3. The summed E-state index contributed by atoms with van der Waals surface area (Å²) >= 11 is 0. The molecule has 2 N–H and O–H groups in total. The van der Waals surface area contributed by atoms with Gasteiger partial charge in [0, 0.05) is 12.3 Å². The standard InChI is InChI=1S/C14H22N2O2.C12H20FNO2/c1-9(2)10(17)11(13(3,4)5)16-12(18)14(8-15)6-7-14;1-5-8(15)9(11(2,3)4)14-10(16)12(13)6-7-12/h9,11H,6-7H2,1-5H3,(H,16,18);9H,5-7H2,1-4H3,(H,14,16). The number of nitrogens with zero attached hydrogens (tertiary/aromatic N) is 1. The third-order valence-corrected chi connectivity index (χ3v) is 6.30. The predicted molar refractivity (Wildman–Crippen MR) is 128 cm³/mol. The van der Waals surface area contributed by atoms with Gasteiger partial charge in [0.25, 0.3) is 5.91 Å². The molecule has 2 aliphatic rings. The molecule has 2 amide bonds. The van der Waals surface area contributed by atoms with Crippen LogP contribution in [0.15, 0.2) is 0 Å². The Hall–Kier alpha value is -2.30. The quantitative estimate of drug-likeness (QED) is 0.545. The number of carbonyl (C=O) groups excluding carboxylic acids is 4. The van der Waals surface area contributed by atoms with E-state index in [1.807, 2.05) is 55.4 Å². The van der Waals surface area contributed by atoms with Crippen LogP contribution in [0.1, 0.15) is 94.4 Å². The van der Waals surface area contributed by atoms with Gasteiger partial charge in [0.15, 0.2) is 17.2 Å². The molecule has 0 heterocycles. The fourth-order valence-electron chi connectivity index (χ4n) is 3.41. The van der Waals surface area contributed by atoms with E-state index in [9.17, 15) is 23.6 Å². The Bertz CT molecular complexity index is 838. The molecule has 34 heavy (non-hydrogen) atoms. The molecule has 2 aliphatic carbocycles. The molecule has 0 aromatic carbocycles. The summed E-state index contributed by atoms with van der Waals surface area (Å²) < 4.78 is 13.5. The van der Waals surface area contributed by atoms with Gasteiger partial charge < -0.3 is 10.6 Å². The van der Waals surface area contributed by atoms with Crippen LogP contribution in [0.25, 0.3) is 0 Å². The number of carbonyl (C=O) groups is 4. The van der Waals surface area contributed by atoms with E-state index < -0.39 is 29.1 Å². The zero-order chi connectivity index (χ0) is 26.7. The summed E-state index contributed by atoms with van der Waals surface area (Å²) in [5.41, 5.74) is -3.31. The molecule has 0 saturated heterocycles. The Morgan fingerprint density at radius 2 is 1.32 bits per heavy atom. The molecule has 2 rings (SSSR count). The highest BCUT2D eigenvalue weighted by atomic mass is 19.1. The molecule has 7 nitrogen and oxygen atoms in total. The molecule has 0 radical (unpaired) electrons. The SMILES string of the molecule is CC(C)C(=O)C(NC(=O)C1(C#N)CC1)C(C)(C)C.CCC(=O)C(NC(=O)C1(F)CC1)C(C)(C)C. The minimum atomic E-state index is -1.71. The van der Waals surface area contributed by atoms with Gasteiger partial charge in [0.05, 0.1) is 18.2 Å². The molecular weight excluding hydrogens is 437 g/mol. The van der Waals surface area contributed by atoms with E-state index in [1.54, 1.807) is 6.92 Å². The number of Topliss-reactive ketones (excluding diaryl/α,β-unsaturated/α-hetero) is 2. The Morgan fingerprint density at radius 1 is 0.882 bits per heavy atom. The van der Waals surface area contributed by atoms with Gasteiger partial charge in [-0.3, -0.25) is 19.2 Å². The predicted octanol–water partition coefficient (Wildman–Crippen LogP) is 4.04. The second-order valence-electron chi connectivity index (χ2n) is 12.1. The first-order valence-electron chi connectivity index (χ1n) is 12.1. The maximum absolute atomic E-state index is 13.5. The highest BCUT2D eigenvalue weighted by Crippen LogP contribution is 2.45. The van der Waals surface area contributed by atoms with Crippen LogP contribution in [-0.4, -0.2) is 41.1 Å². The van der Waals surface area contributed by atoms with Crippen LogP contribution in [0.2, 0.25) is 0 Å². The highest BCUT2D eigenvalue weighted by molar-refractivity contribution is 5.95. The van der Waals surface area contributed by atoms with Crippen molar-refractivity contribution in [3.05, 3.63) is 0 Å². The number of amides is 2. The van der Waals surface area contributed by atoms with Crippen molar-refractivity contribution in [3.63, 3.8) is 0 Å². The number of halogens is 1. The number of nitriles is 1. The molecule has 0 aromatic rings. The maximum atomic E-state index is 13.5. The molecule has 0 spiro atoms. The van der Waals surface area contributed by atoms with Crippen molar-refractivity contribution in [1.82, 2.24) is 10.6 Å². The topological polar surface area (TPSA) is 116 Å². The van der Waals surface area contributed by atoms with Gasteiger partial charge in [-0.05, 0) is 36.5 Å². The Labute approximate surface area is 203 Å². The first-order valence-corrected chi connectivity index (χ1v) is 12.1. The lowest BCUT2D eigenvalue weighted by atomic mass is 9.80. The van der Waals surface area contributed by atoms with E-state index in [1.165, 1.54) is 0 Å². The summed E-state index contributed by atoms with van der Waals surface area (Å²) in [5, 5.41) is 14.3. The molecule has 8 heteroatoms. The lowest BCUT2D eigenvalue weighted by Gasteiger charge is -2.32. The number of nitrogens with one attached hydrogen (secondary N) is 2. The number of rotatable bonds is 8. The number of ketones is 2. The number of hydrogen-bond acceptors (Lipinski definition) is 5. The Kier molecular flexibility index (Phi) is 9.21. The third-order valence-electron chi connectivity index (χ3n) is 6.30. The van der Waals surface area contributed by atoms with E-state index in [-0.39, 0.29) is 47.1 Å². The maximum Gasteiger partial charge on any atom is 0.258 e. The second kappa shape index (κ2) is 10.5. The fourth-order valence-corrected chi connectivity index (χ4v) is 3.41. The van der Waals surface area contributed by atoms with Gasteiger partial charge >= 0.3 is 0 Å². The smallest absolute Gasteiger partial charge is 0.258 e. The van der Waals surface area contributed by atoms with Crippen molar-refractivity contribution in [2.75, 3.05) is 0 Å². The highest BCUT2D eigenvalue weighted by Gasteiger charge is 2.53. The number of alkyl halides is 1. The fraction of sp³-hybridized carbons (Fsp3) is 0.808. The normalized spacial score (nSPS) is 19.5. The lowest BCUT2D eigenvalue weighted by molar-refractivity contribution is -0.133. The third kappa shape index (κ3) is 7.61. The molecule has 2 saturated carbocycles. The van der Waals surface area contributed by atoms with Crippen molar-refractivity contribution >= 4 is 23.4 Å². The van der Waals surface area contributed by atoms with Crippen LogP contribution in [0.5, 0.6) is 0 Å². The van der Waals surface area contributed by atoms with Crippen LogP contribution in [0.4, 0.5) is 4.39 Å². The summed E-state index contributed by atoms with van der Waals surface area (Å²) in [4.78, 5) is 47.5. The van der Waals surface area contributed by atoms with Gasteiger partial charge in [-0.15, -0.1) is 0 Å². The zero-order valence-corrected chi connectivity index (χ0v) is 22.2. The largest absolute Gasteiger partial charge is 0.344 e. The van der Waals surface area contributed by atoms with Crippen LogP contribution >= 0.6 is 0 Å². The van der Waals surface area contributed by atoms with Crippen LogP contribution in [-0.2, 0) is 19.2 Å². The number of hydrogen-bond donors (Lipinski definition) is 2. The lowest BCUT2D eigenvalue weighted by Crippen LogP contribution is -2.52. The molecule has 2 fully saturated rings. The Balaban J connectivity index is 0.000000342. The zero-order valence-electron chi connectivity index (χ0n) is 22.2. The summed E-state index contributed by atoms with van der Waals surface area (Å²) in [6, 6.07) is 0.923. The first kappa shape index (κ1) is 29.7. The van der Waals surface area contributed by atoms with E-state index in [2.05, 4.69) is 16.7 Å². The van der Waals surface area contributed by atoms with Crippen molar-refractivity contribution in [1.29, 1.82) is 5.26 Å². The Morgan fingerprint density at radius 3 is 1.62 bits per heavy atom. The van der Waals surface area contributed by atoms with E-state index in [4.69, 9.17) is 5.26 Å². The van der Waals surface area contributed by atoms with Gasteiger partial charge in [-0.2, -0.15) is 5.26 Å². The molecule has 0 aliphatic heterocycles. The van der Waals surface area contributed by atoms with E-state index in [0.29, 0.717) is 19.3 Å². The summed E-state index contributed by atoms with van der Waals surface area (Å²) in [6.07, 6.45) is 2.09. The monoisotopic (exact) mass is 479 g/mol. The molecule has 0 bridgehead atoms. The van der Waals surface area contributed by atoms with Crippen molar-refractivity contribution in [2.45, 2.75) is 112 Å². The molecule has 2 atom stereocenters.